The molecule has 0 amide bonds. The summed E-state index contributed by atoms with van der Waals surface area (Å²) in [5.74, 6) is 0. The third-order valence-electron chi connectivity index (χ3n) is 5.56. The first-order valence-electron chi connectivity index (χ1n) is 9.78. The Hall–Kier alpha value is -1.23. The zero-order valence-electron chi connectivity index (χ0n) is 16.7. The predicted molar refractivity (Wildman–Crippen MR) is 110 cm³/mol. The van der Waals surface area contributed by atoms with Gasteiger partial charge in [0.15, 0.2) is 0 Å². The van der Waals surface area contributed by atoms with Gasteiger partial charge in [0.1, 0.15) is 0 Å². The lowest BCUT2D eigenvalue weighted by atomic mass is 9.83. The van der Waals surface area contributed by atoms with Crippen molar-refractivity contribution in [2.24, 2.45) is 5.41 Å². The van der Waals surface area contributed by atoms with Gasteiger partial charge in [-0.3, -0.25) is 9.88 Å². The highest BCUT2D eigenvalue weighted by atomic mass is 32.1. The van der Waals surface area contributed by atoms with E-state index in [1.807, 2.05) is 11.3 Å². The number of rotatable bonds is 8. The Balaban J connectivity index is 1.64. The second-order valence-electron chi connectivity index (χ2n) is 7.81. The van der Waals surface area contributed by atoms with Gasteiger partial charge in [-0.15, -0.1) is 11.3 Å². The quantitative estimate of drug-likeness (QED) is 0.657. The van der Waals surface area contributed by atoms with Crippen LogP contribution in [0.5, 0.6) is 0 Å². The lowest BCUT2D eigenvalue weighted by molar-refractivity contribution is 0.0490. The van der Waals surface area contributed by atoms with Crippen LogP contribution in [0.2, 0.25) is 0 Å². The van der Waals surface area contributed by atoms with Crippen LogP contribution in [0.3, 0.4) is 0 Å². The van der Waals surface area contributed by atoms with Gasteiger partial charge in [-0.05, 0) is 77.3 Å². The average Bonchev–Trinajstić information content (AvgIpc) is 3.21. The lowest BCUT2D eigenvalue weighted by Crippen LogP contribution is -2.32. The molecule has 1 aliphatic heterocycles. The summed E-state index contributed by atoms with van der Waals surface area (Å²) in [7, 11) is 0. The van der Waals surface area contributed by atoms with Crippen molar-refractivity contribution in [3.63, 3.8) is 0 Å². The summed E-state index contributed by atoms with van der Waals surface area (Å²) in [4.78, 5) is 10.1. The monoisotopic (exact) mass is 372 g/mol. The average molecular weight is 373 g/mol. The number of ether oxygens (including phenoxy) is 1. The highest BCUT2D eigenvalue weighted by molar-refractivity contribution is 7.11. The summed E-state index contributed by atoms with van der Waals surface area (Å²) in [5, 5.41) is 0. The van der Waals surface area contributed by atoms with Crippen LogP contribution < -0.4 is 0 Å². The van der Waals surface area contributed by atoms with E-state index in [0.717, 1.165) is 38.5 Å². The van der Waals surface area contributed by atoms with E-state index in [9.17, 15) is 0 Å². The second kappa shape index (κ2) is 8.64. The molecule has 26 heavy (non-hydrogen) atoms. The minimum Gasteiger partial charge on any atom is -0.381 e. The Morgan fingerprint density at radius 3 is 2.73 bits per heavy atom. The molecule has 142 valence electrons. The minimum absolute atomic E-state index is 0.292. The molecule has 2 aromatic rings. The zero-order chi connectivity index (χ0) is 18.6. The van der Waals surface area contributed by atoms with Crippen LogP contribution >= 0.6 is 11.3 Å². The number of hydrogen-bond acceptors (Lipinski definition) is 4. The molecule has 0 bridgehead atoms. The molecule has 4 heteroatoms. The van der Waals surface area contributed by atoms with Gasteiger partial charge in [0, 0.05) is 46.3 Å². The summed E-state index contributed by atoms with van der Waals surface area (Å²) in [6.45, 7) is 13.5. The molecule has 1 aliphatic rings. The summed E-state index contributed by atoms with van der Waals surface area (Å²) in [5.41, 5.74) is 3.92. The Morgan fingerprint density at radius 2 is 2.04 bits per heavy atom. The number of thiophene rings is 1. The van der Waals surface area contributed by atoms with E-state index < -0.39 is 0 Å². The van der Waals surface area contributed by atoms with E-state index in [0.29, 0.717) is 5.41 Å². The van der Waals surface area contributed by atoms with Crippen molar-refractivity contribution in [3.05, 3.63) is 51.0 Å². The van der Waals surface area contributed by atoms with Gasteiger partial charge in [-0.2, -0.15) is 0 Å². The largest absolute Gasteiger partial charge is 0.381 e. The first-order valence-corrected chi connectivity index (χ1v) is 10.6. The molecule has 1 saturated heterocycles. The molecule has 3 heterocycles. The standard InChI is InChI=1S/C22H32N2OS/c1-5-25-16-22(11-10-21-9-7-18(3)26-21)12-13-24(15-22)14-20-8-6-17(2)23-19(20)4/h6-9H,5,10-16H2,1-4H3/t22-/m1/s1. The van der Waals surface area contributed by atoms with Crippen LogP contribution in [0.15, 0.2) is 24.3 Å². The molecule has 3 nitrogen and oxygen atoms in total. The summed E-state index contributed by atoms with van der Waals surface area (Å²) in [6.07, 6.45) is 3.62. The minimum atomic E-state index is 0.292. The number of aryl methyl sites for hydroxylation is 4. The molecule has 0 aliphatic carbocycles. The smallest absolute Gasteiger partial charge is 0.0535 e. The third kappa shape index (κ3) is 4.93. The topological polar surface area (TPSA) is 25.4 Å². The van der Waals surface area contributed by atoms with Gasteiger partial charge in [0.05, 0.1) is 6.61 Å². The van der Waals surface area contributed by atoms with Crippen molar-refractivity contribution in [1.82, 2.24) is 9.88 Å². The molecule has 0 radical (unpaired) electrons. The van der Waals surface area contributed by atoms with Crippen molar-refractivity contribution in [2.45, 2.75) is 53.5 Å². The number of likely N-dealkylation sites (tertiary alicyclic amines) is 1. The van der Waals surface area contributed by atoms with Crippen molar-refractivity contribution < 1.29 is 4.74 Å². The molecule has 0 unspecified atom stereocenters. The molecule has 0 saturated carbocycles. The van der Waals surface area contributed by atoms with Crippen LogP contribution in [0.1, 0.15) is 46.5 Å². The fraction of sp³-hybridized carbons (Fsp3) is 0.591. The van der Waals surface area contributed by atoms with E-state index >= 15 is 0 Å². The number of nitrogens with zero attached hydrogens (tertiary/aromatic N) is 2. The summed E-state index contributed by atoms with van der Waals surface area (Å²) < 4.78 is 5.92. The van der Waals surface area contributed by atoms with E-state index in [4.69, 9.17) is 4.74 Å². The van der Waals surface area contributed by atoms with Gasteiger partial charge in [0.25, 0.3) is 0 Å². The maximum atomic E-state index is 5.92. The van der Waals surface area contributed by atoms with Crippen molar-refractivity contribution in [1.29, 1.82) is 0 Å². The normalized spacial score (nSPS) is 20.8. The summed E-state index contributed by atoms with van der Waals surface area (Å²) in [6, 6.07) is 8.91. The maximum Gasteiger partial charge on any atom is 0.0535 e. The molecule has 1 fully saturated rings. The Bertz CT molecular complexity index is 727. The van der Waals surface area contributed by atoms with Gasteiger partial charge in [-0.25, -0.2) is 0 Å². The summed E-state index contributed by atoms with van der Waals surface area (Å²) >= 11 is 1.94. The van der Waals surface area contributed by atoms with Gasteiger partial charge < -0.3 is 4.74 Å². The molecule has 0 spiro atoms. The van der Waals surface area contributed by atoms with Gasteiger partial charge in [-0.1, -0.05) is 6.07 Å². The maximum absolute atomic E-state index is 5.92. The van der Waals surface area contributed by atoms with E-state index in [1.54, 1.807) is 0 Å². The Morgan fingerprint density at radius 1 is 1.19 bits per heavy atom. The highest BCUT2D eigenvalue weighted by Crippen LogP contribution is 2.37. The molecule has 0 aromatic carbocycles. The van der Waals surface area contributed by atoms with E-state index in [1.165, 1.54) is 40.3 Å². The first-order chi connectivity index (χ1) is 12.5. The molecule has 0 N–H and O–H groups in total. The van der Waals surface area contributed by atoms with Crippen LogP contribution in [-0.4, -0.2) is 36.2 Å². The molecular formula is C22H32N2OS. The van der Waals surface area contributed by atoms with Gasteiger partial charge >= 0.3 is 0 Å². The Kier molecular flexibility index (Phi) is 6.49. The SMILES string of the molecule is CCOC[C@]1(CCc2ccc(C)s2)CCN(Cc2ccc(C)nc2C)C1. The molecular weight excluding hydrogens is 340 g/mol. The fourth-order valence-electron chi connectivity index (χ4n) is 4.01. The van der Waals surface area contributed by atoms with Gasteiger partial charge in [0.2, 0.25) is 0 Å². The zero-order valence-corrected chi connectivity index (χ0v) is 17.5. The predicted octanol–water partition coefficient (Wildman–Crippen LogP) is 4.93. The Labute approximate surface area is 162 Å². The number of hydrogen-bond donors (Lipinski definition) is 0. The van der Waals surface area contributed by atoms with Crippen LogP contribution in [0.25, 0.3) is 0 Å². The van der Waals surface area contributed by atoms with E-state index in [-0.39, 0.29) is 0 Å². The van der Waals surface area contributed by atoms with Crippen LogP contribution in [-0.2, 0) is 17.7 Å². The number of aromatic nitrogens is 1. The molecule has 2 aromatic heterocycles. The third-order valence-corrected chi connectivity index (χ3v) is 6.62. The van der Waals surface area contributed by atoms with Crippen molar-refractivity contribution >= 4 is 11.3 Å². The van der Waals surface area contributed by atoms with Crippen LogP contribution in [0.4, 0.5) is 0 Å². The molecule has 1 atom stereocenters. The number of pyridine rings is 1. The molecule has 3 rings (SSSR count). The van der Waals surface area contributed by atoms with Crippen molar-refractivity contribution in [2.75, 3.05) is 26.3 Å². The first kappa shape index (κ1) is 19.5. The second-order valence-corrected chi connectivity index (χ2v) is 9.18. The highest BCUT2D eigenvalue weighted by Gasteiger charge is 2.38. The van der Waals surface area contributed by atoms with E-state index in [2.05, 4.69) is 61.8 Å². The van der Waals surface area contributed by atoms with Crippen LogP contribution in [0, 0.1) is 26.2 Å². The van der Waals surface area contributed by atoms with Crippen molar-refractivity contribution in [3.8, 4) is 0 Å². The fourth-order valence-corrected chi connectivity index (χ4v) is 4.90. The lowest BCUT2D eigenvalue weighted by Gasteiger charge is -2.29.